The van der Waals surface area contributed by atoms with Crippen LogP contribution in [0.5, 0.6) is 0 Å². The first-order chi connectivity index (χ1) is 14.1. The number of nitrogens with one attached hydrogen (secondary N) is 1. The van der Waals surface area contributed by atoms with Gasteiger partial charge in [-0.1, -0.05) is 12.1 Å². The van der Waals surface area contributed by atoms with Crippen LogP contribution in [0.4, 0.5) is 5.69 Å². The molecule has 3 aromatic rings. The molecule has 0 aliphatic carbocycles. The zero-order valence-corrected chi connectivity index (χ0v) is 17.5. The summed E-state index contributed by atoms with van der Waals surface area (Å²) in [7, 11) is 4.35. The first kappa shape index (κ1) is 21.0. The monoisotopic (exact) mass is 409 g/mol. The van der Waals surface area contributed by atoms with Crippen LogP contribution in [-0.2, 0) is 18.9 Å². The molecule has 0 aliphatic rings. The summed E-state index contributed by atoms with van der Waals surface area (Å²) in [6.07, 6.45) is 0. The number of pyridine rings is 1. The Morgan fingerprint density at radius 3 is 2.47 bits per heavy atom. The Morgan fingerprint density at radius 1 is 1.07 bits per heavy atom. The largest absolute Gasteiger partial charge is 0.332 e. The number of fused-ring (bicyclic) bond motifs is 1. The third-order valence-electron chi connectivity index (χ3n) is 5.13. The van der Waals surface area contributed by atoms with Crippen molar-refractivity contribution in [3.63, 3.8) is 0 Å². The fourth-order valence-electron chi connectivity index (χ4n) is 3.13. The van der Waals surface area contributed by atoms with Gasteiger partial charge in [0.2, 0.25) is 5.91 Å². The number of rotatable bonds is 4. The molecule has 0 saturated carbocycles. The number of anilines is 1. The number of aryl methyl sites for hydroxylation is 2. The molecular formula is C21H23N5O4. The average Bonchev–Trinajstić information content (AvgIpc) is 2.72. The van der Waals surface area contributed by atoms with E-state index in [2.05, 4.69) is 10.3 Å². The minimum absolute atomic E-state index is 0.0350. The Morgan fingerprint density at radius 2 is 1.77 bits per heavy atom. The molecule has 0 radical (unpaired) electrons. The van der Waals surface area contributed by atoms with Gasteiger partial charge >= 0.3 is 5.69 Å². The second-order valence-corrected chi connectivity index (χ2v) is 7.23. The topological polar surface area (TPSA) is 106 Å². The summed E-state index contributed by atoms with van der Waals surface area (Å²) in [6.45, 7) is 3.68. The van der Waals surface area contributed by atoms with Gasteiger partial charge in [0.05, 0.1) is 11.9 Å². The predicted molar refractivity (Wildman–Crippen MR) is 114 cm³/mol. The molecule has 9 heteroatoms. The molecule has 30 heavy (non-hydrogen) atoms. The summed E-state index contributed by atoms with van der Waals surface area (Å²) in [4.78, 5) is 55.0. The number of carbonyl (C=O) groups excluding carboxylic acids is 2. The van der Waals surface area contributed by atoms with Gasteiger partial charge in [-0.2, -0.15) is 0 Å². The van der Waals surface area contributed by atoms with E-state index < -0.39 is 17.2 Å². The number of hydrogen-bond donors (Lipinski definition) is 1. The van der Waals surface area contributed by atoms with E-state index >= 15 is 0 Å². The number of nitrogens with zero attached hydrogens (tertiary/aromatic N) is 4. The van der Waals surface area contributed by atoms with Crippen LogP contribution in [0, 0.1) is 13.8 Å². The third-order valence-corrected chi connectivity index (χ3v) is 5.13. The number of carbonyl (C=O) groups is 2. The zero-order chi connectivity index (χ0) is 22.2. The molecule has 0 unspecified atom stereocenters. The van der Waals surface area contributed by atoms with Crippen molar-refractivity contribution in [1.82, 2.24) is 19.0 Å². The van der Waals surface area contributed by atoms with E-state index in [-0.39, 0.29) is 29.2 Å². The van der Waals surface area contributed by atoms with Gasteiger partial charge in [0.15, 0.2) is 0 Å². The lowest BCUT2D eigenvalue weighted by Gasteiger charge is -2.18. The lowest BCUT2D eigenvalue weighted by Crippen LogP contribution is -2.38. The lowest BCUT2D eigenvalue weighted by molar-refractivity contribution is -0.116. The van der Waals surface area contributed by atoms with Gasteiger partial charge in [-0.25, -0.2) is 9.78 Å². The van der Waals surface area contributed by atoms with E-state index in [0.717, 1.165) is 15.7 Å². The Balaban J connectivity index is 1.83. The maximum absolute atomic E-state index is 12.8. The quantitative estimate of drug-likeness (QED) is 0.691. The summed E-state index contributed by atoms with van der Waals surface area (Å²) in [5.74, 6) is -0.845. The molecule has 3 rings (SSSR count). The molecule has 2 amide bonds. The molecule has 0 atom stereocenters. The first-order valence-electron chi connectivity index (χ1n) is 9.30. The van der Waals surface area contributed by atoms with E-state index in [1.165, 1.54) is 42.7 Å². The van der Waals surface area contributed by atoms with Crippen LogP contribution in [0.3, 0.4) is 0 Å². The molecule has 1 N–H and O–H groups in total. The van der Waals surface area contributed by atoms with Crippen molar-refractivity contribution in [1.29, 1.82) is 0 Å². The Hall–Kier alpha value is -3.75. The van der Waals surface area contributed by atoms with E-state index in [1.54, 1.807) is 6.07 Å². The van der Waals surface area contributed by atoms with Gasteiger partial charge in [-0.3, -0.25) is 23.5 Å². The molecule has 156 valence electrons. The number of benzene rings is 1. The molecule has 1 aromatic carbocycles. The molecule has 2 aromatic heterocycles. The molecule has 0 aliphatic heterocycles. The van der Waals surface area contributed by atoms with Gasteiger partial charge in [0, 0.05) is 26.8 Å². The molecule has 0 fully saturated rings. The van der Waals surface area contributed by atoms with Crippen LogP contribution in [0.2, 0.25) is 0 Å². The van der Waals surface area contributed by atoms with E-state index in [0.29, 0.717) is 5.69 Å². The third kappa shape index (κ3) is 3.73. The van der Waals surface area contributed by atoms with Crippen LogP contribution < -0.4 is 16.6 Å². The van der Waals surface area contributed by atoms with Gasteiger partial charge in [-0.15, -0.1) is 0 Å². The first-order valence-corrected chi connectivity index (χ1v) is 9.30. The summed E-state index contributed by atoms with van der Waals surface area (Å²) in [5, 5.41) is 3.03. The Bertz CT molecular complexity index is 1290. The number of amides is 2. The van der Waals surface area contributed by atoms with Crippen LogP contribution in [-0.4, -0.2) is 44.4 Å². The molecule has 0 bridgehead atoms. The Kier molecular flexibility index (Phi) is 5.55. The number of aromatic nitrogens is 3. The van der Waals surface area contributed by atoms with Crippen molar-refractivity contribution in [2.75, 3.05) is 18.9 Å². The van der Waals surface area contributed by atoms with Crippen molar-refractivity contribution in [2.24, 2.45) is 14.1 Å². The smallest absolute Gasteiger partial charge is 0.331 e. The minimum Gasteiger partial charge on any atom is -0.331 e. The van der Waals surface area contributed by atoms with Crippen molar-refractivity contribution < 1.29 is 9.59 Å². The van der Waals surface area contributed by atoms with Crippen LogP contribution in [0.15, 0.2) is 39.9 Å². The highest BCUT2D eigenvalue weighted by Crippen LogP contribution is 2.18. The van der Waals surface area contributed by atoms with E-state index in [4.69, 9.17) is 0 Å². The van der Waals surface area contributed by atoms with Gasteiger partial charge < -0.3 is 10.2 Å². The zero-order valence-electron chi connectivity index (χ0n) is 17.5. The molecule has 2 heterocycles. The van der Waals surface area contributed by atoms with E-state index in [1.807, 2.05) is 26.0 Å². The highest BCUT2D eigenvalue weighted by molar-refractivity contribution is 5.99. The second-order valence-electron chi connectivity index (χ2n) is 7.23. The highest BCUT2D eigenvalue weighted by Gasteiger charge is 2.19. The van der Waals surface area contributed by atoms with Crippen molar-refractivity contribution in [2.45, 2.75) is 13.8 Å². The maximum Gasteiger partial charge on any atom is 0.332 e. The SMILES string of the molecule is Cc1cccc(NC(=O)CN(C)C(=O)c2ccc3c(=O)n(C)c(=O)n(C)c3n2)c1C. The predicted octanol–water partition coefficient (Wildman–Crippen LogP) is 0.960. The minimum atomic E-state index is -0.536. The summed E-state index contributed by atoms with van der Waals surface area (Å²) >= 11 is 0. The normalized spacial score (nSPS) is 10.8. The van der Waals surface area contributed by atoms with E-state index in [9.17, 15) is 19.2 Å². The Labute approximate surface area is 172 Å². The summed E-state index contributed by atoms with van der Waals surface area (Å²) in [5.41, 5.74) is 1.82. The number of hydrogen-bond acceptors (Lipinski definition) is 5. The van der Waals surface area contributed by atoms with Crippen molar-refractivity contribution >= 4 is 28.5 Å². The second kappa shape index (κ2) is 7.94. The fourth-order valence-corrected chi connectivity index (χ4v) is 3.13. The molecule has 0 spiro atoms. The van der Waals surface area contributed by atoms with Crippen molar-refractivity contribution in [3.8, 4) is 0 Å². The van der Waals surface area contributed by atoms with Gasteiger partial charge in [0.1, 0.15) is 11.3 Å². The van der Waals surface area contributed by atoms with Crippen molar-refractivity contribution in [3.05, 3.63) is 68.0 Å². The van der Waals surface area contributed by atoms with Gasteiger partial charge in [0.25, 0.3) is 11.5 Å². The summed E-state index contributed by atoms with van der Waals surface area (Å²) < 4.78 is 2.19. The lowest BCUT2D eigenvalue weighted by atomic mass is 10.1. The standard InChI is InChI=1S/C21H23N5O4/c1-12-7-6-8-15(13(12)2)22-17(27)11-24(3)20(29)16-10-9-14-18(23-16)25(4)21(30)26(5)19(14)28/h6-10H,11H2,1-5H3,(H,22,27). The molecule has 0 saturated heterocycles. The van der Waals surface area contributed by atoms with Gasteiger partial charge in [-0.05, 0) is 43.2 Å². The number of likely N-dealkylation sites (N-methyl/N-ethyl adjacent to an activating group) is 1. The average molecular weight is 409 g/mol. The van der Waals surface area contributed by atoms with Crippen LogP contribution in [0.1, 0.15) is 21.6 Å². The van der Waals surface area contributed by atoms with Crippen LogP contribution in [0.25, 0.3) is 11.0 Å². The fraction of sp³-hybridized carbons (Fsp3) is 0.286. The molecular weight excluding hydrogens is 386 g/mol. The molecule has 9 nitrogen and oxygen atoms in total. The maximum atomic E-state index is 12.8. The summed E-state index contributed by atoms with van der Waals surface area (Å²) in [6, 6.07) is 8.47. The highest BCUT2D eigenvalue weighted by atomic mass is 16.2. The van der Waals surface area contributed by atoms with Crippen LogP contribution >= 0.6 is 0 Å².